The van der Waals surface area contributed by atoms with Crippen LogP contribution in [0.1, 0.15) is 24.8 Å². The Morgan fingerprint density at radius 2 is 2.08 bits per heavy atom. The van der Waals surface area contributed by atoms with E-state index in [0.29, 0.717) is 12.1 Å². The zero-order chi connectivity index (χ0) is 9.68. The van der Waals surface area contributed by atoms with E-state index in [9.17, 15) is 0 Å². The van der Waals surface area contributed by atoms with E-state index < -0.39 is 0 Å². The van der Waals surface area contributed by atoms with E-state index in [1.165, 1.54) is 0 Å². The van der Waals surface area contributed by atoms with Gasteiger partial charge in [-0.3, -0.25) is 10.7 Å². The van der Waals surface area contributed by atoms with Gasteiger partial charge in [-0.15, -0.1) is 0 Å². The van der Waals surface area contributed by atoms with Crippen molar-refractivity contribution in [3.8, 4) is 6.07 Å². The maximum atomic E-state index is 8.57. The monoisotopic (exact) mass is 176 g/mol. The quantitative estimate of drug-likeness (QED) is 0.696. The van der Waals surface area contributed by atoms with Crippen LogP contribution in [0.2, 0.25) is 0 Å². The SMILES string of the molecule is CC(CC#N)c1ccc(NO)cc1. The van der Waals surface area contributed by atoms with Crippen molar-refractivity contribution in [2.45, 2.75) is 19.3 Å². The molecule has 13 heavy (non-hydrogen) atoms. The number of hydrogen-bond acceptors (Lipinski definition) is 3. The molecule has 0 aromatic heterocycles. The first-order valence-corrected chi connectivity index (χ1v) is 4.15. The van der Waals surface area contributed by atoms with E-state index in [-0.39, 0.29) is 5.92 Å². The number of anilines is 1. The molecule has 1 atom stereocenters. The maximum absolute atomic E-state index is 8.57. The summed E-state index contributed by atoms with van der Waals surface area (Å²) in [6.45, 7) is 2.00. The Morgan fingerprint density at radius 1 is 1.46 bits per heavy atom. The van der Waals surface area contributed by atoms with Gasteiger partial charge < -0.3 is 0 Å². The van der Waals surface area contributed by atoms with Gasteiger partial charge in [0.05, 0.1) is 11.8 Å². The largest absolute Gasteiger partial charge is 0.291 e. The van der Waals surface area contributed by atoms with Gasteiger partial charge in [0.1, 0.15) is 0 Å². The summed E-state index contributed by atoms with van der Waals surface area (Å²) < 4.78 is 0. The van der Waals surface area contributed by atoms with E-state index >= 15 is 0 Å². The average molecular weight is 176 g/mol. The van der Waals surface area contributed by atoms with Crippen molar-refractivity contribution in [3.05, 3.63) is 29.8 Å². The number of rotatable bonds is 3. The van der Waals surface area contributed by atoms with Crippen molar-refractivity contribution in [2.24, 2.45) is 0 Å². The standard InChI is InChI=1S/C10H12N2O/c1-8(6-7-11)9-2-4-10(12-13)5-3-9/h2-5,8,12-13H,6H2,1H3. The molecule has 0 heterocycles. The predicted molar refractivity (Wildman–Crippen MR) is 50.5 cm³/mol. The van der Waals surface area contributed by atoms with Gasteiger partial charge in [-0.25, -0.2) is 0 Å². The first kappa shape index (κ1) is 9.56. The Hall–Kier alpha value is -1.53. The maximum Gasteiger partial charge on any atom is 0.0628 e. The molecule has 68 valence electrons. The van der Waals surface area contributed by atoms with Crippen LogP contribution in [0.4, 0.5) is 5.69 Å². The first-order valence-electron chi connectivity index (χ1n) is 4.15. The summed E-state index contributed by atoms with van der Waals surface area (Å²) >= 11 is 0. The smallest absolute Gasteiger partial charge is 0.0628 e. The van der Waals surface area contributed by atoms with Gasteiger partial charge >= 0.3 is 0 Å². The highest BCUT2D eigenvalue weighted by molar-refractivity contribution is 5.43. The molecule has 3 heteroatoms. The van der Waals surface area contributed by atoms with Gasteiger partial charge in [0.2, 0.25) is 0 Å². The number of benzene rings is 1. The molecule has 0 fully saturated rings. The number of nitriles is 1. The Bertz CT molecular complexity index is 300. The van der Waals surface area contributed by atoms with Crippen molar-refractivity contribution >= 4 is 5.69 Å². The van der Waals surface area contributed by atoms with E-state index in [4.69, 9.17) is 10.5 Å². The van der Waals surface area contributed by atoms with E-state index in [2.05, 4.69) is 11.5 Å². The lowest BCUT2D eigenvalue weighted by Gasteiger charge is -2.07. The van der Waals surface area contributed by atoms with Crippen molar-refractivity contribution in [1.29, 1.82) is 5.26 Å². The normalized spacial score (nSPS) is 11.8. The molecule has 1 unspecified atom stereocenters. The fourth-order valence-electron chi connectivity index (χ4n) is 1.14. The Morgan fingerprint density at radius 3 is 2.54 bits per heavy atom. The summed E-state index contributed by atoms with van der Waals surface area (Å²) in [6, 6.07) is 9.50. The van der Waals surface area contributed by atoms with Gasteiger partial charge in [0.25, 0.3) is 0 Å². The molecule has 0 saturated carbocycles. The number of nitrogens with one attached hydrogen (secondary N) is 1. The van der Waals surface area contributed by atoms with Crippen LogP contribution in [-0.2, 0) is 0 Å². The second kappa shape index (κ2) is 4.48. The molecular weight excluding hydrogens is 164 g/mol. The number of hydrogen-bond donors (Lipinski definition) is 2. The van der Waals surface area contributed by atoms with Gasteiger partial charge in [0.15, 0.2) is 0 Å². The van der Waals surface area contributed by atoms with E-state index in [0.717, 1.165) is 5.56 Å². The van der Waals surface area contributed by atoms with E-state index in [1.807, 2.05) is 19.1 Å². The number of nitrogens with zero attached hydrogens (tertiary/aromatic N) is 1. The molecular formula is C10H12N2O. The summed E-state index contributed by atoms with van der Waals surface area (Å²) in [6.07, 6.45) is 0.520. The molecule has 1 aromatic rings. The lowest BCUT2D eigenvalue weighted by atomic mass is 9.98. The lowest BCUT2D eigenvalue weighted by molar-refractivity contribution is 0.389. The van der Waals surface area contributed by atoms with Crippen molar-refractivity contribution in [1.82, 2.24) is 0 Å². The molecule has 0 aliphatic rings. The van der Waals surface area contributed by atoms with Crippen LogP contribution in [0.5, 0.6) is 0 Å². The molecule has 0 bridgehead atoms. The fourth-order valence-corrected chi connectivity index (χ4v) is 1.14. The van der Waals surface area contributed by atoms with Gasteiger partial charge in [0, 0.05) is 6.42 Å². The topological polar surface area (TPSA) is 56.0 Å². The molecule has 0 aliphatic carbocycles. The highest BCUT2D eigenvalue weighted by Gasteiger charge is 2.03. The highest BCUT2D eigenvalue weighted by atomic mass is 16.5. The summed E-state index contributed by atoms with van der Waals surface area (Å²) in [4.78, 5) is 0. The Kier molecular flexibility index (Phi) is 3.30. The van der Waals surface area contributed by atoms with Crippen LogP contribution in [0.3, 0.4) is 0 Å². The molecule has 0 radical (unpaired) electrons. The average Bonchev–Trinajstić information content (AvgIpc) is 2.18. The third-order valence-corrected chi connectivity index (χ3v) is 2.01. The summed E-state index contributed by atoms with van der Waals surface area (Å²) in [5.41, 5.74) is 3.83. The molecule has 0 aliphatic heterocycles. The lowest BCUT2D eigenvalue weighted by Crippen LogP contribution is -1.93. The molecule has 3 nitrogen and oxygen atoms in total. The minimum atomic E-state index is 0.248. The Balaban J connectivity index is 2.74. The second-order valence-corrected chi connectivity index (χ2v) is 3.00. The van der Waals surface area contributed by atoms with Crippen LogP contribution in [0.15, 0.2) is 24.3 Å². The third kappa shape index (κ3) is 2.46. The van der Waals surface area contributed by atoms with Gasteiger partial charge in [-0.2, -0.15) is 5.26 Å². The van der Waals surface area contributed by atoms with Crippen molar-refractivity contribution in [2.75, 3.05) is 5.48 Å². The predicted octanol–water partition coefficient (Wildman–Crippen LogP) is 2.50. The van der Waals surface area contributed by atoms with Crippen LogP contribution in [0, 0.1) is 11.3 Å². The second-order valence-electron chi connectivity index (χ2n) is 3.00. The molecule has 0 amide bonds. The molecule has 0 spiro atoms. The van der Waals surface area contributed by atoms with Gasteiger partial charge in [-0.1, -0.05) is 19.1 Å². The summed E-state index contributed by atoms with van der Waals surface area (Å²) in [5.74, 6) is 0.248. The van der Waals surface area contributed by atoms with Gasteiger partial charge in [-0.05, 0) is 23.6 Å². The minimum absolute atomic E-state index is 0.248. The Labute approximate surface area is 77.6 Å². The summed E-state index contributed by atoms with van der Waals surface area (Å²) in [5, 5.41) is 17.1. The zero-order valence-electron chi connectivity index (χ0n) is 7.49. The molecule has 2 N–H and O–H groups in total. The molecule has 1 rings (SSSR count). The van der Waals surface area contributed by atoms with Crippen LogP contribution in [-0.4, -0.2) is 5.21 Å². The fraction of sp³-hybridized carbons (Fsp3) is 0.300. The summed E-state index contributed by atoms with van der Waals surface area (Å²) in [7, 11) is 0. The van der Waals surface area contributed by atoms with Crippen LogP contribution < -0.4 is 5.48 Å². The third-order valence-electron chi connectivity index (χ3n) is 2.01. The van der Waals surface area contributed by atoms with E-state index in [1.54, 1.807) is 12.1 Å². The van der Waals surface area contributed by atoms with Crippen LogP contribution in [0.25, 0.3) is 0 Å². The van der Waals surface area contributed by atoms with Crippen molar-refractivity contribution < 1.29 is 5.21 Å². The zero-order valence-corrected chi connectivity index (χ0v) is 7.49. The minimum Gasteiger partial charge on any atom is -0.291 e. The highest BCUT2D eigenvalue weighted by Crippen LogP contribution is 2.19. The molecule has 0 saturated heterocycles. The first-order chi connectivity index (χ1) is 6.27. The van der Waals surface area contributed by atoms with Crippen LogP contribution >= 0.6 is 0 Å². The molecule has 1 aromatic carbocycles. The van der Waals surface area contributed by atoms with Crippen molar-refractivity contribution in [3.63, 3.8) is 0 Å².